The minimum Gasteiger partial charge on any atom is -0.392 e. The van der Waals surface area contributed by atoms with Gasteiger partial charge in [-0.1, -0.05) is 13.8 Å². The zero-order valence-electron chi connectivity index (χ0n) is 9.62. The van der Waals surface area contributed by atoms with Crippen molar-refractivity contribution in [3.63, 3.8) is 0 Å². The maximum Gasteiger partial charge on any atom is 0.0784 e. The number of aliphatic hydroxyl groups is 1. The lowest BCUT2D eigenvalue weighted by Crippen LogP contribution is -2.57. The first kappa shape index (κ1) is 12.0. The lowest BCUT2D eigenvalue weighted by atomic mass is 9.63. The summed E-state index contributed by atoms with van der Waals surface area (Å²) in [6.07, 6.45) is 1.82. The van der Waals surface area contributed by atoms with E-state index < -0.39 is 0 Å². The van der Waals surface area contributed by atoms with Crippen LogP contribution < -0.4 is 0 Å². The fourth-order valence-corrected chi connectivity index (χ4v) is 2.02. The summed E-state index contributed by atoms with van der Waals surface area (Å²) < 4.78 is 10.8. The van der Waals surface area contributed by atoms with E-state index in [1.165, 1.54) is 0 Å². The fourth-order valence-electron chi connectivity index (χ4n) is 2.02. The van der Waals surface area contributed by atoms with E-state index in [9.17, 15) is 5.11 Å². The van der Waals surface area contributed by atoms with Gasteiger partial charge in [-0.25, -0.2) is 0 Å². The average molecular weight is 202 g/mol. The molecule has 0 radical (unpaired) electrons. The van der Waals surface area contributed by atoms with Gasteiger partial charge in [0.05, 0.1) is 24.9 Å². The summed E-state index contributed by atoms with van der Waals surface area (Å²) in [5, 5.41) is 9.67. The standard InChI is InChI=1S/C11H22O3/c1-5-11(3)9(12)6-10(11)14-8(2)7-13-4/h8-10,12H,5-7H2,1-4H3. The van der Waals surface area contributed by atoms with E-state index in [0.717, 1.165) is 12.8 Å². The van der Waals surface area contributed by atoms with Crippen molar-refractivity contribution in [1.82, 2.24) is 0 Å². The highest BCUT2D eigenvalue weighted by molar-refractivity contribution is 5.00. The normalized spacial score (nSPS) is 39.2. The lowest BCUT2D eigenvalue weighted by molar-refractivity contribution is -0.206. The van der Waals surface area contributed by atoms with Crippen molar-refractivity contribution in [2.24, 2.45) is 5.41 Å². The van der Waals surface area contributed by atoms with Crippen molar-refractivity contribution in [2.45, 2.75) is 51.9 Å². The van der Waals surface area contributed by atoms with Crippen molar-refractivity contribution in [3.8, 4) is 0 Å². The minimum atomic E-state index is -0.202. The van der Waals surface area contributed by atoms with Crippen LogP contribution in [0.5, 0.6) is 0 Å². The molecule has 0 aromatic carbocycles. The van der Waals surface area contributed by atoms with E-state index in [0.29, 0.717) is 6.61 Å². The highest BCUT2D eigenvalue weighted by Gasteiger charge is 2.50. The molecular weight excluding hydrogens is 180 g/mol. The van der Waals surface area contributed by atoms with Gasteiger partial charge < -0.3 is 14.6 Å². The summed E-state index contributed by atoms with van der Waals surface area (Å²) in [6.45, 7) is 6.81. The summed E-state index contributed by atoms with van der Waals surface area (Å²) in [7, 11) is 1.68. The molecule has 1 rings (SSSR count). The Bertz CT molecular complexity index is 183. The van der Waals surface area contributed by atoms with Gasteiger partial charge in [0.25, 0.3) is 0 Å². The molecule has 3 nitrogen and oxygen atoms in total. The first-order valence-corrected chi connectivity index (χ1v) is 5.37. The van der Waals surface area contributed by atoms with Crippen molar-refractivity contribution in [1.29, 1.82) is 0 Å². The van der Waals surface area contributed by atoms with Gasteiger partial charge in [0.1, 0.15) is 0 Å². The Balaban J connectivity index is 2.40. The van der Waals surface area contributed by atoms with Crippen LogP contribution in [0.4, 0.5) is 0 Å². The van der Waals surface area contributed by atoms with E-state index in [1.807, 2.05) is 6.92 Å². The molecule has 0 saturated heterocycles. The molecule has 0 amide bonds. The summed E-state index contributed by atoms with van der Waals surface area (Å²) in [5.74, 6) is 0. The van der Waals surface area contributed by atoms with Crippen LogP contribution in [0, 0.1) is 5.41 Å². The molecule has 4 unspecified atom stereocenters. The van der Waals surface area contributed by atoms with E-state index in [4.69, 9.17) is 9.47 Å². The van der Waals surface area contributed by atoms with Crippen LogP contribution in [0.3, 0.4) is 0 Å². The monoisotopic (exact) mass is 202 g/mol. The molecule has 4 atom stereocenters. The Morgan fingerprint density at radius 2 is 2.21 bits per heavy atom. The molecule has 84 valence electrons. The maximum absolute atomic E-state index is 9.67. The average Bonchev–Trinajstić information content (AvgIpc) is 2.16. The molecule has 0 aliphatic heterocycles. The Kier molecular flexibility index (Phi) is 3.93. The third-order valence-electron chi connectivity index (χ3n) is 3.49. The van der Waals surface area contributed by atoms with E-state index >= 15 is 0 Å². The maximum atomic E-state index is 9.67. The second-order valence-corrected chi connectivity index (χ2v) is 4.50. The minimum absolute atomic E-state index is 0.0536. The molecule has 14 heavy (non-hydrogen) atoms. The van der Waals surface area contributed by atoms with Crippen LogP contribution in [-0.4, -0.2) is 37.1 Å². The molecular formula is C11H22O3. The number of methoxy groups -OCH3 is 1. The number of hydrogen-bond acceptors (Lipinski definition) is 3. The quantitative estimate of drug-likeness (QED) is 0.735. The number of hydrogen-bond donors (Lipinski definition) is 1. The van der Waals surface area contributed by atoms with Crippen LogP contribution in [0.15, 0.2) is 0 Å². The van der Waals surface area contributed by atoms with Gasteiger partial charge in [0, 0.05) is 18.9 Å². The fraction of sp³-hybridized carbons (Fsp3) is 1.00. The summed E-state index contributed by atoms with van der Waals surface area (Å²) in [5.41, 5.74) is -0.0536. The Labute approximate surface area is 86.4 Å². The molecule has 1 aliphatic rings. The number of ether oxygens (including phenoxy) is 2. The number of rotatable bonds is 5. The van der Waals surface area contributed by atoms with Crippen molar-refractivity contribution < 1.29 is 14.6 Å². The summed E-state index contributed by atoms with van der Waals surface area (Å²) >= 11 is 0. The molecule has 1 N–H and O–H groups in total. The first-order chi connectivity index (χ1) is 6.54. The van der Waals surface area contributed by atoms with Crippen LogP contribution in [0.1, 0.15) is 33.6 Å². The van der Waals surface area contributed by atoms with E-state index in [2.05, 4.69) is 13.8 Å². The predicted octanol–water partition coefficient (Wildman–Crippen LogP) is 1.59. The van der Waals surface area contributed by atoms with Crippen LogP contribution in [0.25, 0.3) is 0 Å². The predicted molar refractivity (Wildman–Crippen MR) is 55.2 cm³/mol. The molecule has 0 aromatic rings. The van der Waals surface area contributed by atoms with Gasteiger partial charge in [-0.3, -0.25) is 0 Å². The van der Waals surface area contributed by atoms with Crippen LogP contribution >= 0.6 is 0 Å². The Hall–Kier alpha value is -0.120. The molecule has 3 heteroatoms. The topological polar surface area (TPSA) is 38.7 Å². The molecule has 1 fully saturated rings. The van der Waals surface area contributed by atoms with Crippen molar-refractivity contribution in [3.05, 3.63) is 0 Å². The van der Waals surface area contributed by atoms with E-state index in [1.54, 1.807) is 7.11 Å². The second kappa shape index (κ2) is 4.60. The van der Waals surface area contributed by atoms with Crippen molar-refractivity contribution in [2.75, 3.05) is 13.7 Å². The van der Waals surface area contributed by atoms with Crippen LogP contribution in [0.2, 0.25) is 0 Å². The molecule has 0 heterocycles. The summed E-state index contributed by atoms with van der Waals surface area (Å²) in [4.78, 5) is 0. The highest BCUT2D eigenvalue weighted by atomic mass is 16.5. The SMILES string of the molecule is CCC1(C)C(O)CC1OC(C)COC. The summed E-state index contributed by atoms with van der Waals surface area (Å²) in [6, 6.07) is 0. The molecule has 1 aliphatic carbocycles. The van der Waals surface area contributed by atoms with Crippen LogP contribution in [-0.2, 0) is 9.47 Å². The molecule has 0 bridgehead atoms. The molecule has 0 spiro atoms. The van der Waals surface area contributed by atoms with Crippen molar-refractivity contribution >= 4 is 0 Å². The Morgan fingerprint density at radius 1 is 1.57 bits per heavy atom. The van der Waals surface area contributed by atoms with Gasteiger partial charge in [0.2, 0.25) is 0 Å². The molecule has 0 aromatic heterocycles. The smallest absolute Gasteiger partial charge is 0.0784 e. The largest absolute Gasteiger partial charge is 0.392 e. The van der Waals surface area contributed by atoms with Gasteiger partial charge in [-0.05, 0) is 13.3 Å². The lowest BCUT2D eigenvalue weighted by Gasteiger charge is -2.51. The highest BCUT2D eigenvalue weighted by Crippen LogP contribution is 2.46. The van der Waals surface area contributed by atoms with Gasteiger partial charge in [0.15, 0.2) is 0 Å². The zero-order valence-corrected chi connectivity index (χ0v) is 9.62. The first-order valence-electron chi connectivity index (χ1n) is 5.37. The van der Waals surface area contributed by atoms with Gasteiger partial charge >= 0.3 is 0 Å². The van der Waals surface area contributed by atoms with Gasteiger partial charge in [-0.2, -0.15) is 0 Å². The third-order valence-corrected chi connectivity index (χ3v) is 3.49. The third kappa shape index (κ3) is 2.10. The zero-order chi connectivity index (χ0) is 10.8. The Morgan fingerprint density at radius 3 is 2.64 bits per heavy atom. The molecule has 1 saturated carbocycles. The van der Waals surface area contributed by atoms with Gasteiger partial charge in [-0.15, -0.1) is 0 Å². The second-order valence-electron chi connectivity index (χ2n) is 4.50. The number of aliphatic hydroxyl groups excluding tert-OH is 1. The van der Waals surface area contributed by atoms with E-state index in [-0.39, 0.29) is 23.7 Å².